The summed E-state index contributed by atoms with van der Waals surface area (Å²) in [7, 11) is 1.37. The van der Waals surface area contributed by atoms with Crippen LogP contribution in [-0.4, -0.2) is 45.9 Å². The SMILES string of the molecule is CN=C(NCc1ccccc1S(=O)(=O)N(C)C)NC1CCC(C)CC1.I. The van der Waals surface area contributed by atoms with Gasteiger partial charge in [0.1, 0.15) is 0 Å². The van der Waals surface area contributed by atoms with Crippen LogP contribution in [0.25, 0.3) is 0 Å². The molecule has 1 aliphatic carbocycles. The number of rotatable bonds is 5. The highest BCUT2D eigenvalue weighted by Crippen LogP contribution is 2.23. The molecule has 1 aliphatic rings. The van der Waals surface area contributed by atoms with E-state index in [4.69, 9.17) is 0 Å². The van der Waals surface area contributed by atoms with E-state index in [9.17, 15) is 8.42 Å². The second kappa shape index (κ2) is 10.5. The average molecular weight is 494 g/mol. The molecule has 1 aromatic rings. The first kappa shape index (κ1) is 23.2. The van der Waals surface area contributed by atoms with Crippen LogP contribution in [-0.2, 0) is 16.6 Å². The van der Waals surface area contributed by atoms with E-state index in [2.05, 4.69) is 22.5 Å². The lowest BCUT2D eigenvalue weighted by Crippen LogP contribution is -2.44. The maximum atomic E-state index is 12.5. The van der Waals surface area contributed by atoms with Gasteiger partial charge in [0.15, 0.2) is 5.96 Å². The summed E-state index contributed by atoms with van der Waals surface area (Å²) >= 11 is 0. The van der Waals surface area contributed by atoms with Crippen LogP contribution in [0, 0.1) is 5.92 Å². The molecule has 2 N–H and O–H groups in total. The summed E-state index contributed by atoms with van der Waals surface area (Å²) in [6.07, 6.45) is 4.76. The summed E-state index contributed by atoms with van der Waals surface area (Å²) in [6.45, 7) is 2.71. The number of nitrogens with one attached hydrogen (secondary N) is 2. The fraction of sp³-hybridized carbons (Fsp3) is 0.611. The van der Waals surface area contributed by atoms with E-state index in [-0.39, 0.29) is 24.0 Å². The molecule has 0 heterocycles. The van der Waals surface area contributed by atoms with Crippen LogP contribution in [0.15, 0.2) is 34.2 Å². The van der Waals surface area contributed by atoms with Crippen molar-refractivity contribution >= 4 is 40.0 Å². The van der Waals surface area contributed by atoms with E-state index < -0.39 is 10.0 Å². The van der Waals surface area contributed by atoms with Crippen LogP contribution in [0.5, 0.6) is 0 Å². The minimum atomic E-state index is -3.46. The summed E-state index contributed by atoms with van der Waals surface area (Å²) in [5.41, 5.74) is 0.733. The Balaban J connectivity index is 0.00000338. The Morgan fingerprint density at radius 2 is 1.81 bits per heavy atom. The molecule has 0 aliphatic heterocycles. The largest absolute Gasteiger partial charge is 0.354 e. The van der Waals surface area contributed by atoms with Crippen LogP contribution in [0.2, 0.25) is 0 Å². The molecule has 0 aromatic heterocycles. The zero-order valence-corrected chi connectivity index (χ0v) is 19.2. The molecule has 1 saturated carbocycles. The average Bonchev–Trinajstić information content (AvgIpc) is 2.60. The standard InChI is InChI=1S/C18H30N4O2S.HI/c1-14-9-11-16(12-10-14)21-18(19-2)20-13-15-7-5-6-8-17(15)25(23,24)22(3)4;/h5-8,14,16H,9-13H2,1-4H3,(H2,19,20,21);1H. The van der Waals surface area contributed by atoms with Crippen LogP contribution in [0.1, 0.15) is 38.2 Å². The lowest BCUT2D eigenvalue weighted by atomic mass is 9.87. The van der Waals surface area contributed by atoms with Crippen LogP contribution < -0.4 is 10.6 Å². The second-order valence-corrected chi connectivity index (χ2v) is 9.04. The van der Waals surface area contributed by atoms with E-state index >= 15 is 0 Å². The Hall–Kier alpha value is -0.870. The van der Waals surface area contributed by atoms with Crippen LogP contribution >= 0.6 is 24.0 Å². The fourth-order valence-electron chi connectivity index (χ4n) is 3.07. The van der Waals surface area contributed by atoms with E-state index in [0.717, 1.165) is 30.3 Å². The molecule has 0 bridgehead atoms. The van der Waals surface area contributed by atoms with Crippen molar-refractivity contribution in [3.8, 4) is 0 Å². The minimum absolute atomic E-state index is 0. The maximum absolute atomic E-state index is 12.5. The number of guanidine groups is 1. The van der Waals surface area contributed by atoms with Crippen molar-refractivity contribution in [1.82, 2.24) is 14.9 Å². The Kier molecular flexibility index (Phi) is 9.32. The summed E-state index contributed by atoms with van der Waals surface area (Å²) in [4.78, 5) is 4.61. The van der Waals surface area contributed by atoms with E-state index in [1.54, 1.807) is 33.3 Å². The predicted octanol–water partition coefficient (Wildman–Crippen LogP) is 2.80. The Labute approximate surface area is 174 Å². The Bertz CT molecular complexity index is 699. The smallest absolute Gasteiger partial charge is 0.242 e. The van der Waals surface area contributed by atoms with Crippen molar-refractivity contribution < 1.29 is 8.42 Å². The third-order valence-corrected chi connectivity index (χ3v) is 6.67. The second-order valence-electron chi connectivity index (χ2n) is 6.92. The van der Waals surface area contributed by atoms with Crippen LogP contribution in [0.3, 0.4) is 0 Å². The molecule has 148 valence electrons. The first-order valence-corrected chi connectivity index (χ1v) is 10.3. The maximum Gasteiger partial charge on any atom is 0.242 e. The first-order chi connectivity index (χ1) is 11.8. The number of nitrogens with zero attached hydrogens (tertiary/aromatic N) is 2. The van der Waals surface area contributed by atoms with E-state index in [1.807, 2.05) is 12.1 Å². The van der Waals surface area contributed by atoms with Gasteiger partial charge < -0.3 is 10.6 Å². The van der Waals surface area contributed by atoms with E-state index in [1.165, 1.54) is 17.1 Å². The summed E-state index contributed by atoms with van der Waals surface area (Å²) in [6, 6.07) is 7.51. The molecular formula is C18H31IN4O2S. The fourth-order valence-corrected chi connectivity index (χ4v) is 4.19. The third-order valence-electron chi connectivity index (χ3n) is 4.76. The molecule has 0 radical (unpaired) electrons. The van der Waals surface area contributed by atoms with Crippen molar-refractivity contribution in [2.45, 2.75) is 50.1 Å². The highest BCUT2D eigenvalue weighted by molar-refractivity contribution is 14.0. The van der Waals surface area contributed by atoms with Gasteiger partial charge in [-0.1, -0.05) is 25.1 Å². The molecule has 1 fully saturated rings. The molecule has 26 heavy (non-hydrogen) atoms. The molecule has 0 atom stereocenters. The lowest BCUT2D eigenvalue weighted by molar-refractivity contribution is 0.329. The lowest BCUT2D eigenvalue weighted by Gasteiger charge is -2.28. The third kappa shape index (κ3) is 6.09. The Morgan fingerprint density at radius 1 is 1.19 bits per heavy atom. The van der Waals surface area contributed by atoms with Gasteiger partial charge in [0.05, 0.1) is 4.90 Å². The molecular weight excluding hydrogens is 463 g/mol. The number of halogens is 1. The van der Waals surface area contributed by atoms with Gasteiger partial charge in [-0.25, -0.2) is 12.7 Å². The minimum Gasteiger partial charge on any atom is -0.354 e. The monoisotopic (exact) mass is 494 g/mol. The van der Waals surface area contributed by atoms with Gasteiger partial charge in [-0.15, -0.1) is 24.0 Å². The van der Waals surface area contributed by atoms with Gasteiger partial charge in [-0.3, -0.25) is 4.99 Å². The van der Waals surface area contributed by atoms with Gasteiger partial charge in [0.25, 0.3) is 0 Å². The number of hydrogen-bond donors (Lipinski definition) is 2. The van der Waals surface area contributed by atoms with Crippen molar-refractivity contribution in [1.29, 1.82) is 0 Å². The first-order valence-electron chi connectivity index (χ1n) is 8.82. The van der Waals surface area contributed by atoms with Crippen molar-refractivity contribution in [3.63, 3.8) is 0 Å². The molecule has 6 nitrogen and oxygen atoms in total. The highest BCUT2D eigenvalue weighted by atomic mass is 127. The molecule has 0 amide bonds. The molecule has 2 rings (SSSR count). The van der Waals surface area contributed by atoms with Crippen molar-refractivity contribution in [2.75, 3.05) is 21.1 Å². The Morgan fingerprint density at radius 3 is 2.38 bits per heavy atom. The molecule has 1 aromatic carbocycles. The molecule has 0 spiro atoms. The topological polar surface area (TPSA) is 73.8 Å². The van der Waals surface area contributed by atoms with Gasteiger partial charge in [-0.2, -0.15) is 0 Å². The van der Waals surface area contributed by atoms with Gasteiger partial charge in [0, 0.05) is 33.7 Å². The quantitative estimate of drug-likeness (QED) is 0.375. The number of benzene rings is 1. The van der Waals surface area contributed by atoms with Crippen molar-refractivity contribution in [3.05, 3.63) is 29.8 Å². The van der Waals surface area contributed by atoms with Gasteiger partial charge in [-0.05, 0) is 43.2 Å². The summed E-state index contributed by atoms with van der Waals surface area (Å²) in [5, 5.41) is 6.71. The zero-order chi connectivity index (χ0) is 18.4. The van der Waals surface area contributed by atoms with E-state index in [0.29, 0.717) is 17.5 Å². The van der Waals surface area contributed by atoms with Gasteiger partial charge in [0.2, 0.25) is 10.0 Å². The predicted molar refractivity (Wildman–Crippen MR) is 117 cm³/mol. The normalized spacial score (nSPS) is 21.2. The number of aliphatic imine (C=N–C) groups is 1. The van der Waals surface area contributed by atoms with Crippen LogP contribution in [0.4, 0.5) is 0 Å². The zero-order valence-electron chi connectivity index (χ0n) is 16.0. The molecule has 0 saturated heterocycles. The molecule has 0 unspecified atom stereocenters. The summed E-state index contributed by atoms with van der Waals surface area (Å²) in [5.74, 6) is 1.52. The number of hydrogen-bond acceptors (Lipinski definition) is 3. The van der Waals surface area contributed by atoms with Gasteiger partial charge >= 0.3 is 0 Å². The summed E-state index contributed by atoms with van der Waals surface area (Å²) < 4.78 is 26.2. The molecule has 8 heteroatoms. The highest BCUT2D eigenvalue weighted by Gasteiger charge is 2.21. The number of sulfonamides is 1. The van der Waals surface area contributed by atoms with Crippen molar-refractivity contribution in [2.24, 2.45) is 10.9 Å².